The Morgan fingerprint density at radius 1 is 1.40 bits per heavy atom. The fourth-order valence-corrected chi connectivity index (χ4v) is 3.18. The van der Waals surface area contributed by atoms with E-state index < -0.39 is 10.8 Å². The van der Waals surface area contributed by atoms with Gasteiger partial charge >= 0.3 is 0 Å². The number of benzene rings is 1. The van der Waals surface area contributed by atoms with E-state index in [9.17, 15) is 4.21 Å². The smallest absolute Gasteiger partial charge is 0.190 e. The van der Waals surface area contributed by atoms with Gasteiger partial charge in [-0.15, -0.1) is 0 Å². The van der Waals surface area contributed by atoms with Crippen LogP contribution in [0, 0.1) is 0 Å². The highest BCUT2D eigenvalue weighted by Crippen LogP contribution is 2.23. The molecule has 0 fully saturated rings. The maximum absolute atomic E-state index is 12.6. The monoisotopic (exact) mass is 373 g/mol. The van der Waals surface area contributed by atoms with E-state index >= 15 is 0 Å². The van der Waals surface area contributed by atoms with Crippen LogP contribution in [0.4, 0.5) is 0 Å². The van der Waals surface area contributed by atoms with E-state index in [1.165, 1.54) is 12.3 Å². The third-order valence-electron chi connectivity index (χ3n) is 2.40. The van der Waals surface area contributed by atoms with Gasteiger partial charge in [-0.25, -0.2) is 4.21 Å². The summed E-state index contributed by atoms with van der Waals surface area (Å²) in [6.45, 7) is 0. The summed E-state index contributed by atoms with van der Waals surface area (Å²) in [5.41, 5.74) is 5.67. The van der Waals surface area contributed by atoms with Crippen LogP contribution in [-0.4, -0.2) is 20.2 Å². The Bertz CT molecular complexity index is 692. The SMILES string of the molecule is NC(=NO)c1ncc(Cl)cc1S(=O)c1ccc(Br)cc1. The van der Waals surface area contributed by atoms with Gasteiger partial charge in [-0.05, 0) is 30.3 Å². The maximum atomic E-state index is 12.6. The summed E-state index contributed by atoms with van der Waals surface area (Å²) >= 11 is 9.18. The topological polar surface area (TPSA) is 88.6 Å². The number of halogens is 2. The van der Waals surface area contributed by atoms with Gasteiger partial charge in [0.2, 0.25) is 0 Å². The number of aromatic nitrogens is 1. The van der Waals surface area contributed by atoms with Crippen LogP contribution in [0.15, 0.2) is 55.9 Å². The van der Waals surface area contributed by atoms with Gasteiger partial charge in [0.25, 0.3) is 0 Å². The quantitative estimate of drug-likeness (QED) is 0.374. The van der Waals surface area contributed by atoms with Crippen LogP contribution < -0.4 is 5.73 Å². The maximum Gasteiger partial charge on any atom is 0.190 e. The number of rotatable bonds is 3. The van der Waals surface area contributed by atoms with E-state index in [-0.39, 0.29) is 16.4 Å². The highest BCUT2D eigenvalue weighted by atomic mass is 79.9. The number of pyridine rings is 1. The Kier molecular flexibility index (Phi) is 4.74. The van der Waals surface area contributed by atoms with Crippen molar-refractivity contribution in [1.82, 2.24) is 4.98 Å². The van der Waals surface area contributed by atoms with Gasteiger partial charge in [0.05, 0.1) is 20.7 Å². The molecule has 0 radical (unpaired) electrons. The lowest BCUT2D eigenvalue weighted by atomic mass is 10.3. The van der Waals surface area contributed by atoms with E-state index in [0.717, 1.165) is 4.47 Å². The Morgan fingerprint density at radius 3 is 2.65 bits per heavy atom. The lowest BCUT2D eigenvalue weighted by molar-refractivity contribution is 0.318. The molecular weight excluding hydrogens is 366 g/mol. The number of oxime groups is 1. The van der Waals surface area contributed by atoms with Crippen LogP contribution in [0.1, 0.15) is 5.69 Å². The highest BCUT2D eigenvalue weighted by molar-refractivity contribution is 9.10. The Balaban J connectivity index is 2.53. The van der Waals surface area contributed by atoms with E-state index in [0.29, 0.717) is 9.92 Å². The molecule has 0 aliphatic heterocycles. The molecule has 2 aromatic rings. The van der Waals surface area contributed by atoms with E-state index in [1.54, 1.807) is 24.3 Å². The van der Waals surface area contributed by atoms with Crippen LogP contribution in [-0.2, 0) is 10.8 Å². The summed E-state index contributed by atoms with van der Waals surface area (Å²) in [6, 6.07) is 8.44. The zero-order valence-electron chi connectivity index (χ0n) is 9.96. The van der Waals surface area contributed by atoms with Gasteiger partial charge in [-0.3, -0.25) is 4.98 Å². The summed E-state index contributed by atoms with van der Waals surface area (Å²) in [5, 5.41) is 12.0. The van der Waals surface area contributed by atoms with Crippen LogP contribution in [0.3, 0.4) is 0 Å². The average Bonchev–Trinajstić information content (AvgIpc) is 2.46. The molecule has 8 heteroatoms. The minimum absolute atomic E-state index is 0.137. The summed E-state index contributed by atoms with van der Waals surface area (Å²) in [4.78, 5) is 4.81. The molecule has 5 nitrogen and oxygen atoms in total. The number of hydrogen-bond donors (Lipinski definition) is 2. The average molecular weight is 375 g/mol. The number of nitrogens with zero attached hydrogens (tertiary/aromatic N) is 2. The zero-order valence-corrected chi connectivity index (χ0v) is 13.1. The molecule has 0 spiro atoms. The van der Waals surface area contributed by atoms with Gasteiger partial charge in [0.1, 0.15) is 5.69 Å². The van der Waals surface area contributed by atoms with Gasteiger partial charge < -0.3 is 10.9 Å². The first-order valence-electron chi connectivity index (χ1n) is 5.33. The molecule has 0 saturated heterocycles. The van der Waals surface area contributed by atoms with Gasteiger partial charge in [0.15, 0.2) is 5.84 Å². The Morgan fingerprint density at radius 2 is 2.05 bits per heavy atom. The fraction of sp³-hybridized carbons (Fsp3) is 0. The third-order valence-corrected chi connectivity index (χ3v) is 4.54. The van der Waals surface area contributed by atoms with Gasteiger partial charge in [-0.2, -0.15) is 0 Å². The molecule has 20 heavy (non-hydrogen) atoms. The molecule has 0 bridgehead atoms. The van der Waals surface area contributed by atoms with Crippen molar-refractivity contribution in [3.05, 3.63) is 51.7 Å². The summed E-state index contributed by atoms with van der Waals surface area (Å²) in [5.74, 6) is -0.220. The van der Waals surface area contributed by atoms with Crippen molar-refractivity contribution in [2.24, 2.45) is 10.9 Å². The largest absolute Gasteiger partial charge is 0.409 e. The molecule has 1 aromatic heterocycles. The lowest BCUT2D eigenvalue weighted by Crippen LogP contribution is -2.18. The summed E-state index contributed by atoms with van der Waals surface area (Å²) in [7, 11) is -1.54. The molecule has 104 valence electrons. The molecule has 1 heterocycles. The Hall–Kier alpha value is -1.44. The highest BCUT2D eigenvalue weighted by Gasteiger charge is 2.17. The van der Waals surface area contributed by atoms with Crippen molar-refractivity contribution in [2.75, 3.05) is 0 Å². The normalized spacial score (nSPS) is 13.2. The van der Waals surface area contributed by atoms with Crippen molar-refractivity contribution >= 4 is 44.2 Å². The zero-order chi connectivity index (χ0) is 14.7. The predicted octanol–water partition coefficient (Wildman–Crippen LogP) is 2.76. The minimum atomic E-state index is -1.54. The summed E-state index contributed by atoms with van der Waals surface area (Å²) < 4.78 is 13.4. The van der Waals surface area contributed by atoms with Crippen molar-refractivity contribution in [3.63, 3.8) is 0 Å². The molecule has 0 saturated carbocycles. The number of hydrogen-bond acceptors (Lipinski definition) is 4. The van der Waals surface area contributed by atoms with E-state index in [4.69, 9.17) is 22.5 Å². The first kappa shape index (κ1) is 15.0. The molecular formula is C12H9BrClN3O2S. The van der Waals surface area contributed by atoms with Crippen molar-refractivity contribution < 1.29 is 9.42 Å². The first-order valence-corrected chi connectivity index (χ1v) is 7.66. The van der Waals surface area contributed by atoms with Crippen molar-refractivity contribution in [1.29, 1.82) is 0 Å². The molecule has 0 amide bonds. The second kappa shape index (κ2) is 6.34. The van der Waals surface area contributed by atoms with Crippen LogP contribution in [0.25, 0.3) is 0 Å². The Labute approximate surface area is 131 Å². The fourth-order valence-electron chi connectivity index (χ4n) is 1.49. The van der Waals surface area contributed by atoms with Gasteiger partial charge in [-0.1, -0.05) is 32.7 Å². The molecule has 1 aromatic carbocycles. The summed E-state index contributed by atoms with van der Waals surface area (Å²) in [6.07, 6.45) is 1.34. The predicted molar refractivity (Wildman–Crippen MR) is 80.6 cm³/mol. The molecule has 0 aliphatic carbocycles. The number of nitrogens with two attached hydrogens (primary N) is 1. The second-order valence-electron chi connectivity index (χ2n) is 3.71. The standard InChI is InChI=1S/C12H9BrClN3O2S/c13-7-1-3-9(4-2-7)20(19)10-5-8(14)6-16-11(10)12(15)17-18/h1-6,18H,(H2,15,17). The van der Waals surface area contributed by atoms with Crippen LogP contribution >= 0.6 is 27.5 Å². The minimum Gasteiger partial charge on any atom is -0.409 e. The van der Waals surface area contributed by atoms with Crippen molar-refractivity contribution in [3.8, 4) is 0 Å². The molecule has 3 N–H and O–H groups in total. The van der Waals surface area contributed by atoms with E-state index in [2.05, 4.69) is 26.1 Å². The molecule has 1 unspecified atom stereocenters. The third kappa shape index (κ3) is 3.17. The lowest BCUT2D eigenvalue weighted by Gasteiger charge is -2.08. The second-order valence-corrected chi connectivity index (χ2v) is 6.51. The van der Waals surface area contributed by atoms with E-state index in [1.807, 2.05) is 0 Å². The number of amidine groups is 1. The molecule has 1 atom stereocenters. The van der Waals surface area contributed by atoms with Crippen LogP contribution in [0.5, 0.6) is 0 Å². The van der Waals surface area contributed by atoms with Crippen LogP contribution in [0.2, 0.25) is 5.02 Å². The van der Waals surface area contributed by atoms with Gasteiger partial charge in [0, 0.05) is 15.6 Å². The van der Waals surface area contributed by atoms with Crippen molar-refractivity contribution in [2.45, 2.75) is 9.79 Å². The molecule has 2 rings (SSSR count). The first-order chi connectivity index (χ1) is 9.52. The molecule has 0 aliphatic rings.